The van der Waals surface area contributed by atoms with Gasteiger partial charge in [0, 0.05) is 18.2 Å². The molecule has 0 saturated heterocycles. The Balaban J connectivity index is 2.60. The second-order valence-corrected chi connectivity index (χ2v) is 4.36. The number of nitrogens with zero attached hydrogens (tertiary/aromatic N) is 2. The molecule has 0 aliphatic carbocycles. The van der Waals surface area contributed by atoms with E-state index in [1.807, 2.05) is 19.9 Å². The Kier molecular flexibility index (Phi) is 5.76. The smallest absolute Gasteiger partial charge is 0.311 e. The third-order valence-corrected chi connectivity index (χ3v) is 2.42. The maximum atomic E-state index is 10.8. The lowest BCUT2D eigenvalue weighted by molar-refractivity contribution is -0.385. The van der Waals surface area contributed by atoms with E-state index in [4.69, 9.17) is 10.00 Å². The fourth-order valence-corrected chi connectivity index (χ4v) is 1.50. The van der Waals surface area contributed by atoms with Gasteiger partial charge in [-0.15, -0.1) is 0 Å². The lowest BCUT2D eigenvalue weighted by atomic mass is 10.2. The molecule has 0 bridgehead atoms. The van der Waals surface area contributed by atoms with Gasteiger partial charge in [-0.05, 0) is 19.0 Å². The van der Waals surface area contributed by atoms with Gasteiger partial charge in [0.2, 0.25) is 0 Å². The minimum absolute atomic E-state index is 0.115. The fraction of sp³-hybridized carbons (Fsp3) is 0.462. The Bertz CT molecular complexity index is 481. The third-order valence-electron chi connectivity index (χ3n) is 2.42. The summed E-state index contributed by atoms with van der Waals surface area (Å²) in [6, 6.07) is 6.43. The van der Waals surface area contributed by atoms with Gasteiger partial charge in [0.25, 0.3) is 0 Å². The second-order valence-electron chi connectivity index (χ2n) is 4.36. The molecule has 0 fully saturated rings. The van der Waals surface area contributed by atoms with Crippen molar-refractivity contribution in [3.63, 3.8) is 0 Å². The number of rotatable bonds is 7. The topological polar surface area (TPSA) is 88.2 Å². The maximum absolute atomic E-state index is 10.8. The first kappa shape index (κ1) is 14.9. The number of nitrogens with one attached hydrogen (secondary N) is 1. The van der Waals surface area contributed by atoms with Gasteiger partial charge in [-0.1, -0.05) is 13.8 Å². The van der Waals surface area contributed by atoms with Crippen LogP contribution in [0.3, 0.4) is 0 Å². The lowest BCUT2D eigenvalue weighted by Gasteiger charge is -2.09. The van der Waals surface area contributed by atoms with Crippen LogP contribution in [0.25, 0.3) is 0 Å². The van der Waals surface area contributed by atoms with Gasteiger partial charge < -0.3 is 10.1 Å². The molecule has 0 aromatic heterocycles. The Morgan fingerprint density at radius 1 is 1.53 bits per heavy atom. The average molecular weight is 263 g/mol. The van der Waals surface area contributed by atoms with Crippen LogP contribution < -0.4 is 10.1 Å². The van der Waals surface area contributed by atoms with Crippen LogP contribution in [0.2, 0.25) is 0 Å². The van der Waals surface area contributed by atoms with Crippen molar-refractivity contribution in [3.05, 3.63) is 33.9 Å². The van der Waals surface area contributed by atoms with E-state index in [1.165, 1.54) is 18.2 Å². The van der Waals surface area contributed by atoms with E-state index in [0.717, 1.165) is 13.0 Å². The van der Waals surface area contributed by atoms with Crippen molar-refractivity contribution >= 4 is 5.69 Å². The molecule has 1 aromatic carbocycles. The molecular formula is C13H17N3O3. The van der Waals surface area contributed by atoms with Gasteiger partial charge in [0.15, 0.2) is 5.75 Å². The molecule has 0 atom stereocenters. The highest BCUT2D eigenvalue weighted by molar-refractivity contribution is 5.51. The molecule has 102 valence electrons. The highest BCUT2D eigenvalue weighted by atomic mass is 16.6. The summed E-state index contributed by atoms with van der Waals surface area (Å²) in [5.74, 6) is 0.147. The Labute approximate surface area is 112 Å². The molecule has 6 nitrogen and oxygen atoms in total. The molecule has 0 unspecified atom stereocenters. The van der Waals surface area contributed by atoms with Gasteiger partial charge in [-0.25, -0.2) is 0 Å². The molecule has 0 aliphatic rings. The molecule has 0 saturated carbocycles. The van der Waals surface area contributed by atoms with Gasteiger partial charge in [-0.2, -0.15) is 5.26 Å². The van der Waals surface area contributed by atoms with Crippen molar-refractivity contribution in [1.29, 1.82) is 5.26 Å². The van der Waals surface area contributed by atoms with Crippen LogP contribution in [0.4, 0.5) is 5.69 Å². The molecule has 0 radical (unpaired) electrons. The van der Waals surface area contributed by atoms with Gasteiger partial charge in [0.1, 0.15) is 0 Å². The maximum Gasteiger partial charge on any atom is 0.311 e. The van der Waals surface area contributed by atoms with Crippen molar-refractivity contribution in [1.82, 2.24) is 5.32 Å². The van der Waals surface area contributed by atoms with E-state index in [2.05, 4.69) is 5.32 Å². The predicted octanol–water partition coefficient (Wildman–Crippen LogP) is 2.23. The van der Waals surface area contributed by atoms with E-state index in [-0.39, 0.29) is 11.4 Å². The first-order valence-electron chi connectivity index (χ1n) is 6.09. The normalized spacial score (nSPS) is 10.2. The molecule has 1 N–H and O–H groups in total. The minimum atomic E-state index is -0.511. The van der Waals surface area contributed by atoms with Crippen LogP contribution in [0, 0.1) is 21.4 Å². The second kappa shape index (κ2) is 7.34. The Morgan fingerprint density at radius 2 is 2.26 bits per heavy atom. The summed E-state index contributed by atoms with van der Waals surface area (Å²) in [5.41, 5.74) is 0.233. The molecule has 0 aliphatic heterocycles. The third kappa shape index (κ3) is 4.94. The molecular weight excluding hydrogens is 246 g/mol. The zero-order valence-corrected chi connectivity index (χ0v) is 11.0. The lowest BCUT2D eigenvalue weighted by Crippen LogP contribution is -2.24. The molecule has 0 heterocycles. The SMILES string of the molecule is CC(C)NCCCOc1cc(C#N)ccc1[N+](=O)[O-]. The van der Waals surface area contributed by atoms with Crippen molar-refractivity contribution in [3.8, 4) is 11.8 Å². The minimum Gasteiger partial charge on any atom is -0.487 e. The molecule has 6 heteroatoms. The van der Waals surface area contributed by atoms with Gasteiger partial charge >= 0.3 is 5.69 Å². The number of ether oxygens (including phenoxy) is 1. The molecule has 19 heavy (non-hydrogen) atoms. The fourth-order valence-electron chi connectivity index (χ4n) is 1.50. The summed E-state index contributed by atoms with van der Waals surface area (Å²) in [6.07, 6.45) is 0.742. The standard InChI is InChI=1S/C13H17N3O3/c1-10(2)15-6-3-7-19-13-8-11(9-14)4-5-12(13)16(17)18/h4-5,8,10,15H,3,6-7H2,1-2H3. The summed E-state index contributed by atoms with van der Waals surface area (Å²) in [6.45, 7) is 5.24. The number of nitro benzene ring substituents is 1. The molecule has 0 spiro atoms. The summed E-state index contributed by atoms with van der Waals surface area (Å²) < 4.78 is 5.39. The van der Waals surface area contributed by atoms with Crippen LogP contribution in [-0.2, 0) is 0 Å². The average Bonchev–Trinajstić information content (AvgIpc) is 2.37. The molecule has 0 amide bonds. The Hall–Kier alpha value is -2.13. The number of hydrogen-bond acceptors (Lipinski definition) is 5. The monoisotopic (exact) mass is 263 g/mol. The number of nitro groups is 1. The zero-order valence-electron chi connectivity index (χ0n) is 11.0. The zero-order chi connectivity index (χ0) is 14.3. The quantitative estimate of drug-likeness (QED) is 0.463. The van der Waals surface area contributed by atoms with E-state index >= 15 is 0 Å². The number of benzene rings is 1. The van der Waals surface area contributed by atoms with Crippen LogP contribution in [-0.4, -0.2) is 24.1 Å². The highest BCUT2D eigenvalue weighted by Crippen LogP contribution is 2.27. The van der Waals surface area contributed by atoms with E-state index in [1.54, 1.807) is 0 Å². The van der Waals surface area contributed by atoms with Crippen LogP contribution >= 0.6 is 0 Å². The first-order valence-corrected chi connectivity index (χ1v) is 6.09. The highest BCUT2D eigenvalue weighted by Gasteiger charge is 2.15. The number of hydrogen-bond donors (Lipinski definition) is 1. The van der Waals surface area contributed by atoms with Gasteiger partial charge in [-0.3, -0.25) is 10.1 Å². The van der Waals surface area contributed by atoms with Crippen LogP contribution in [0.5, 0.6) is 5.75 Å². The number of nitriles is 1. The predicted molar refractivity (Wildman–Crippen MR) is 71.1 cm³/mol. The molecule has 1 aromatic rings. The summed E-state index contributed by atoms with van der Waals surface area (Å²) in [5, 5.41) is 22.8. The summed E-state index contributed by atoms with van der Waals surface area (Å²) in [4.78, 5) is 10.3. The van der Waals surface area contributed by atoms with Crippen LogP contribution in [0.1, 0.15) is 25.8 Å². The van der Waals surface area contributed by atoms with Crippen molar-refractivity contribution < 1.29 is 9.66 Å². The molecule has 1 rings (SSSR count). The summed E-state index contributed by atoms with van der Waals surface area (Å²) in [7, 11) is 0. The Morgan fingerprint density at radius 3 is 2.84 bits per heavy atom. The largest absolute Gasteiger partial charge is 0.487 e. The van der Waals surface area contributed by atoms with E-state index < -0.39 is 4.92 Å². The van der Waals surface area contributed by atoms with Gasteiger partial charge in [0.05, 0.1) is 23.2 Å². The van der Waals surface area contributed by atoms with Crippen LogP contribution in [0.15, 0.2) is 18.2 Å². The van der Waals surface area contributed by atoms with Crippen molar-refractivity contribution in [2.24, 2.45) is 0 Å². The van der Waals surface area contributed by atoms with Crippen molar-refractivity contribution in [2.75, 3.05) is 13.2 Å². The first-order chi connectivity index (χ1) is 9.04. The summed E-state index contributed by atoms with van der Waals surface area (Å²) >= 11 is 0. The van der Waals surface area contributed by atoms with Crippen molar-refractivity contribution in [2.45, 2.75) is 26.3 Å². The van der Waals surface area contributed by atoms with E-state index in [0.29, 0.717) is 18.2 Å². The van der Waals surface area contributed by atoms with E-state index in [9.17, 15) is 10.1 Å².